The Morgan fingerprint density at radius 2 is 2.21 bits per heavy atom. The molecule has 2 aromatic rings. The van der Waals surface area contributed by atoms with Crippen LogP contribution in [0.2, 0.25) is 0 Å². The van der Waals surface area contributed by atoms with Gasteiger partial charge in [0.2, 0.25) is 0 Å². The molecule has 1 aromatic heterocycles. The van der Waals surface area contributed by atoms with Crippen molar-refractivity contribution in [2.24, 2.45) is 0 Å². The van der Waals surface area contributed by atoms with E-state index >= 15 is 0 Å². The standard InChI is InChI=1S/C15H19N3S/c1-12-9-17-14(13-5-3-2-4-6-13)10-18(12)11-15-16-7-8-19-15/h2-8,12,14,17H,9-11H2,1H3. The summed E-state index contributed by atoms with van der Waals surface area (Å²) in [6, 6.07) is 11.7. The molecule has 1 fully saturated rings. The van der Waals surface area contributed by atoms with Crippen molar-refractivity contribution < 1.29 is 0 Å². The molecule has 1 saturated heterocycles. The monoisotopic (exact) mass is 273 g/mol. The van der Waals surface area contributed by atoms with E-state index in [2.05, 4.69) is 57.8 Å². The van der Waals surface area contributed by atoms with Crippen molar-refractivity contribution in [3.05, 3.63) is 52.5 Å². The zero-order valence-electron chi connectivity index (χ0n) is 11.1. The molecule has 0 bridgehead atoms. The van der Waals surface area contributed by atoms with Crippen LogP contribution in [0, 0.1) is 0 Å². The molecule has 0 radical (unpaired) electrons. The van der Waals surface area contributed by atoms with E-state index in [4.69, 9.17) is 0 Å². The molecule has 0 aliphatic carbocycles. The van der Waals surface area contributed by atoms with Crippen LogP contribution in [0.1, 0.15) is 23.5 Å². The number of benzene rings is 1. The Hall–Kier alpha value is -1.23. The van der Waals surface area contributed by atoms with E-state index in [1.54, 1.807) is 11.3 Å². The molecule has 2 atom stereocenters. The average Bonchev–Trinajstić information content (AvgIpc) is 2.95. The van der Waals surface area contributed by atoms with Crippen molar-refractivity contribution in [2.45, 2.75) is 25.6 Å². The molecule has 0 spiro atoms. The van der Waals surface area contributed by atoms with Gasteiger partial charge in [-0.25, -0.2) is 4.98 Å². The predicted molar refractivity (Wildman–Crippen MR) is 79.2 cm³/mol. The van der Waals surface area contributed by atoms with Crippen LogP contribution in [-0.2, 0) is 6.54 Å². The smallest absolute Gasteiger partial charge is 0.107 e. The van der Waals surface area contributed by atoms with E-state index in [0.717, 1.165) is 19.6 Å². The first-order valence-corrected chi connectivity index (χ1v) is 7.61. The van der Waals surface area contributed by atoms with Crippen LogP contribution >= 0.6 is 11.3 Å². The van der Waals surface area contributed by atoms with Gasteiger partial charge in [-0.2, -0.15) is 0 Å². The van der Waals surface area contributed by atoms with Crippen molar-refractivity contribution in [1.82, 2.24) is 15.2 Å². The molecular weight excluding hydrogens is 254 g/mol. The van der Waals surface area contributed by atoms with Gasteiger partial charge in [0, 0.05) is 36.8 Å². The minimum atomic E-state index is 0.428. The zero-order valence-corrected chi connectivity index (χ0v) is 11.9. The third-order valence-corrected chi connectivity index (χ3v) is 4.49. The number of piperazine rings is 1. The molecule has 3 nitrogen and oxygen atoms in total. The van der Waals surface area contributed by atoms with Crippen LogP contribution in [0.4, 0.5) is 0 Å². The molecule has 4 heteroatoms. The lowest BCUT2D eigenvalue weighted by molar-refractivity contribution is 0.133. The Morgan fingerprint density at radius 1 is 1.37 bits per heavy atom. The van der Waals surface area contributed by atoms with Crippen molar-refractivity contribution in [3.63, 3.8) is 0 Å². The lowest BCUT2D eigenvalue weighted by Gasteiger charge is -2.38. The fourth-order valence-corrected chi connectivity index (χ4v) is 3.20. The number of rotatable bonds is 3. The predicted octanol–water partition coefficient (Wildman–Crippen LogP) is 2.68. The van der Waals surface area contributed by atoms with Gasteiger partial charge in [-0.15, -0.1) is 11.3 Å². The number of nitrogens with one attached hydrogen (secondary N) is 1. The normalized spacial score (nSPS) is 24.5. The third-order valence-electron chi connectivity index (χ3n) is 3.72. The highest BCUT2D eigenvalue weighted by Gasteiger charge is 2.26. The molecule has 0 saturated carbocycles. The molecule has 2 unspecified atom stereocenters. The number of hydrogen-bond donors (Lipinski definition) is 1. The first-order chi connectivity index (χ1) is 9.33. The largest absolute Gasteiger partial charge is 0.307 e. The van der Waals surface area contributed by atoms with E-state index < -0.39 is 0 Å². The Morgan fingerprint density at radius 3 is 2.95 bits per heavy atom. The second kappa shape index (κ2) is 5.82. The van der Waals surface area contributed by atoms with Crippen molar-refractivity contribution in [3.8, 4) is 0 Å². The van der Waals surface area contributed by atoms with E-state index in [1.807, 2.05) is 6.20 Å². The summed E-state index contributed by atoms with van der Waals surface area (Å²) in [5, 5.41) is 6.90. The molecular formula is C15H19N3S. The number of hydrogen-bond acceptors (Lipinski definition) is 4. The van der Waals surface area contributed by atoms with E-state index in [1.165, 1.54) is 10.6 Å². The summed E-state index contributed by atoms with van der Waals surface area (Å²) in [6.45, 7) is 5.32. The molecule has 1 aromatic carbocycles. The Labute approximate surface area is 118 Å². The van der Waals surface area contributed by atoms with Crippen LogP contribution < -0.4 is 5.32 Å². The first-order valence-electron chi connectivity index (χ1n) is 6.73. The van der Waals surface area contributed by atoms with Crippen LogP contribution in [0.5, 0.6) is 0 Å². The van der Waals surface area contributed by atoms with E-state index in [9.17, 15) is 0 Å². The average molecular weight is 273 g/mol. The zero-order chi connectivity index (χ0) is 13.1. The molecule has 100 valence electrons. The molecule has 2 heterocycles. The Balaban J connectivity index is 1.70. The quantitative estimate of drug-likeness (QED) is 0.932. The summed E-state index contributed by atoms with van der Waals surface area (Å²) in [6.07, 6.45) is 1.89. The highest BCUT2D eigenvalue weighted by Crippen LogP contribution is 2.21. The summed E-state index contributed by atoms with van der Waals surface area (Å²) in [4.78, 5) is 6.92. The van der Waals surface area contributed by atoms with Gasteiger partial charge in [0.25, 0.3) is 0 Å². The van der Waals surface area contributed by atoms with Crippen molar-refractivity contribution >= 4 is 11.3 Å². The molecule has 3 rings (SSSR count). The molecule has 1 N–H and O–H groups in total. The first kappa shape index (κ1) is 12.8. The summed E-state index contributed by atoms with van der Waals surface area (Å²) >= 11 is 1.74. The van der Waals surface area contributed by atoms with Gasteiger partial charge in [-0.3, -0.25) is 4.90 Å². The second-order valence-electron chi connectivity index (χ2n) is 5.08. The van der Waals surface area contributed by atoms with Crippen molar-refractivity contribution in [2.75, 3.05) is 13.1 Å². The number of nitrogens with zero attached hydrogens (tertiary/aromatic N) is 2. The van der Waals surface area contributed by atoms with E-state index in [0.29, 0.717) is 12.1 Å². The fraction of sp³-hybridized carbons (Fsp3) is 0.400. The maximum Gasteiger partial charge on any atom is 0.107 e. The van der Waals surface area contributed by atoms with Crippen molar-refractivity contribution in [1.29, 1.82) is 0 Å². The van der Waals surface area contributed by atoms with Gasteiger partial charge < -0.3 is 5.32 Å². The topological polar surface area (TPSA) is 28.2 Å². The second-order valence-corrected chi connectivity index (χ2v) is 6.05. The number of aromatic nitrogens is 1. The molecule has 19 heavy (non-hydrogen) atoms. The van der Waals surface area contributed by atoms with Gasteiger partial charge in [0.1, 0.15) is 5.01 Å². The minimum absolute atomic E-state index is 0.428. The van der Waals surface area contributed by atoms with Gasteiger partial charge in [-0.05, 0) is 12.5 Å². The van der Waals surface area contributed by atoms with Gasteiger partial charge >= 0.3 is 0 Å². The van der Waals surface area contributed by atoms with Crippen LogP contribution in [0.15, 0.2) is 41.9 Å². The van der Waals surface area contributed by atoms with Gasteiger partial charge in [0.05, 0.1) is 6.54 Å². The van der Waals surface area contributed by atoms with Gasteiger partial charge in [0.15, 0.2) is 0 Å². The Bertz CT molecular complexity index is 497. The maximum atomic E-state index is 4.40. The van der Waals surface area contributed by atoms with Crippen LogP contribution in [-0.4, -0.2) is 29.0 Å². The molecule has 1 aliphatic rings. The SMILES string of the molecule is CC1CNC(c2ccccc2)CN1Cc1nccs1. The Kier molecular flexibility index (Phi) is 3.92. The summed E-state index contributed by atoms with van der Waals surface area (Å²) < 4.78 is 0. The van der Waals surface area contributed by atoms with Crippen LogP contribution in [0.25, 0.3) is 0 Å². The molecule has 0 amide bonds. The fourth-order valence-electron chi connectivity index (χ4n) is 2.55. The highest BCUT2D eigenvalue weighted by molar-refractivity contribution is 7.09. The lowest BCUT2D eigenvalue weighted by Crippen LogP contribution is -2.50. The number of thiazole rings is 1. The van der Waals surface area contributed by atoms with Crippen LogP contribution in [0.3, 0.4) is 0 Å². The summed E-state index contributed by atoms with van der Waals surface area (Å²) in [7, 11) is 0. The lowest BCUT2D eigenvalue weighted by atomic mass is 10.0. The summed E-state index contributed by atoms with van der Waals surface area (Å²) in [5.41, 5.74) is 1.37. The van der Waals surface area contributed by atoms with Gasteiger partial charge in [-0.1, -0.05) is 30.3 Å². The van der Waals surface area contributed by atoms with E-state index in [-0.39, 0.29) is 0 Å². The molecule has 1 aliphatic heterocycles. The highest BCUT2D eigenvalue weighted by atomic mass is 32.1. The minimum Gasteiger partial charge on any atom is -0.307 e. The third kappa shape index (κ3) is 3.03. The maximum absolute atomic E-state index is 4.40. The summed E-state index contributed by atoms with van der Waals surface area (Å²) in [5.74, 6) is 0.